The highest BCUT2D eigenvalue weighted by atomic mass is 16.8. The van der Waals surface area contributed by atoms with Gasteiger partial charge in [0.15, 0.2) is 18.9 Å². The molecule has 0 spiro atoms. The van der Waals surface area contributed by atoms with E-state index >= 15 is 0 Å². The lowest BCUT2D eigenvalue weighted by Crippen LogP contribution is -2.66. The van der Waals surface area contributed by atoms with E-state index in [1.807, 2.05) is 0 Å². The number of ether oxygens (including phenoxy) is 5. The molecule has 0 amide bonds. The summed E-state index contributed by atoms with van der Waals surface area (Å²) in [5.41, 5.74) is 0. The van der Waals surface area contributed by atoms with Gasteiger partial charge < -0.3 is 79.9 Å². The topological polar surface area (TPSA) is 269 Å². The molecular weight excluding hydrogens is 472 g/mol. The summed E-state index contributed by atoms with van der Waals surface area (Å²) < 4.78 is 26.7. The first kappa shape index (κ1) is 27.9. The van der Waals surface area contributed by atoms with Crippen LogP contribution >= 0.6 is 0 Å². The maximum absolute atomic E-state index is 10.6. The van der Waals surface area contributed by atoms with E-state index in [1.54, 1.807) is 0 Å². The van der Waals surface area contributed by atoms with Gasteiger partial charge in [0.25, 0.3) is 0 Å². The van der Waals surface area contributed by atoms with Crippen molar-refractivity contribution in [2.45, 2.75) is 92.1 Å². The molecule has 34 heavy (non-hydrogen) atoms. The predicted octanol–water partition coefficient (Wildman–Crippen LogP) is -7.57. The van der Waals surface area contributed by atoms with E-state index in [-0.39, 0.29) is 0 Å². The number of hydrogen-bond donors (Lipinski definition) is 11. The minimum Gasteiger partial charge on any atom is -0.394 e. The molecule has 200 valence electrons. The standard InChI is InChI=1S/C18H32O16/c19-1-4-7(22)9(24)13(28)17(31-4)34-15-10(25)8(23)5(2-20)32-18(15)33-14-6(3-21)30-16(29)12(27)11(14)26/h4-29H,1-3H2/t4-,5-,6-,7+,8-,9+,10+,11-,12-,13-,14-,15-,16?,17-,18+/m1/s1. The van der Waals surface area contributed by atoms with Gasteiger partial charge in [-0.05, 0) is 0 Å². The van der Waals surface area contributed by atoms with Crippen LogP contribution in [-0.2, 0) is 23.7 Å². The lowest BCUT2D eigenvalue weighted by Gasteiger charge is -2.48. The molecule has 3 rings (SSSR count). The summed E-state index contributed by atoms with van der Waals surface area (Å²) in [6.07, 6.45) is -25.6. The highest BCUT2D eigenvalue weighted by Crippen LogP contribution is 2.32. The molecule has 11 N–H and O–H groups in total. The summed E-state index contributed by atoms with van der Waals surface area (Å²) in [5.74, 6) is 0. The third-order valence-corrected chi connectivity index (χ3v) is 6.09. The summed E-state index contributed by atoms with van der Waals surface area (Å²) in [5, 5.41) is 109. The van der Waals surface area contributed by atoms with Crippen molar-refractivity contribution in [2.24, 2.45) is 0 Å². The normalized spacial score (nSPS) is 52.5. The molecule has 0 aromatic carbocycles. The van der Waals surface area contributed by atoms with Crippen LogP contribution in [-0.4, -0.2) is 168 Å². The number of aliphatic hydroxyl groups is 11. The molecule has 3 heterocycles. The third kappa shape index (κ3) is 5.37. The van der Waals surface area contributed by atoms with Crippen LogP contribution in [0.5, 0.6) is 0 Å². The van der Waals surface area contributed by atoms with E-state index < -0.39 is 112 Å². The van der Waals surface area contributed by atoms with Crippen LogP contribution in [0.3, 0.4) is 0 Å². The quantitative estimate of drug-likeness (QED) is 0.154. The van der Waals surface area contributed by atoms with Crippen molar-refractivity contribution in [1.82, 2.24) is 0 Å². The van der Waals surface area contributed by atoms with Crippen molar-refractivity contribution in [3.8, 4) is 0 Å². The summed E-state index contributed by atoms with van der Waals surface area (Å²) in [4.78, 5) is 0. The highest BCUT2D eigenvalue weighted by molar-refractivity contribution is 4.96. The molecule has 0 radical (unpaired) electrons. The van der Waals surface area contributed by atoms with Crippen LogP contribution in [0, 0.1) is 0 Å². The molecule has 3 saturated heterocycles. The molecule has 3 aliphatic rings. The van der Waals surface area contributed by atoms with Gasteiger partial charge in [0, 0.05) is 0 Å². The van der Waals surface area contributed by atoms with E-state index in [2.05, 4.69) is 0 Å². The molecule has 0 bridgehead atoms. The zero-order chi connectivity index (χ0) is 25.3. The highest BCUT2D eigenvalue weighted by Gasteiger charge is 2.53. The Morgan fingerprint density at radius 1 is 0.441 bits per heavy atom. The Morgan fingerprint density at radius 2 is 0.912 bits per heavy atom. The van der Waals surface area contributed by atoms with Gasteiger partial charge >= 0.3 is 0 Å². The first-order valence-corrected chi connectivity index (χ1v) is 10.6. The monoisotopic (exact) mass is 504 g/mol. The van der Waals surface area contributed by atoms with Crippen LogP contribution in [0.2, 0.25) is 0 Å². The van der Waals surface area contributed by atoms with Crippen LogP contribution in [0.15, 0.2) is 0 Å². The van der Waals surface area contributed by atoms with E-state index in [9.17, 15) is 56.2 Å². The molecule has 0 aromatic heterocycles. The van der Waals surface area contributed by atoms with Gasteiger partial charge in [0.05, 0.1) is 19.8 Å². The van der Waals surface area contributed by atoms with Gasteiger partial charge in [-0.25, -0.2) is 0 Å². The van der Waals surface area contributed by atoms with Crippen molar-refractivity contribution in [1.29, 1.82) is 0 Å². The molecule has 3 aliphatic heterocycles. The van der Waals surface area contributed by atoms with Gasteiger partial charge in [-0.15, -0.1) is 0 Å². The Hall–Kier alpha value is -0.640. The lowest BCUT2D eigenvalue weighted by molar-refractivity contribution is -0.387. The fraction of sp³-hybridized carbons (Fsp3) is 1.00. The van der Waals surface area contributed by atoms with Crippen molar-refractivity contribution in [2.75, 3.05) is 19.8 Å². The lowest BCUT2D eigenvalue weighted by atomic mass is 9.96. The number of rotatable bonds is 7. The van der Waals surface area contributed by atoms with Gasteiger partial charge in [0.1, 0.15) is 73.2 Å². The van der Waals surface area contributed by atoms with Crippen LogP contribution < -0.4 is 0 Å². The smallest absolute Gasteiger partial charge is 0.187 e. The zero-order valence-electron chi connectivity index (χ0n) is 17.7. The van der Waals surface area contributed by atoms with E-state index in [0.717, 1.165) is 0 Å². The van der Waals surface area contributed by atoms with Crippen molar-refractivity contribution < 1.29 is 79.9 Å². The Balaban J connectivity index is 1.84. The van der Waals surface area contributed by atoms with Crippen molar-refractivity contribution >= 4 is 0 Å². The molecule has 0 aliphatic carbocycles. The molecule has 15 atom stereocenters. The summed E-state index contributed by atoms with van der Waals surface area (Å²) in [6, 6.07) is 0. The van der Waals surface area contributed by atoms with Gasteiger partial charge in [0.2, 0.25) is 0 Å². The van der Waals surface area contributed by atoms with E-state index in [0.29, 0.717) is 0 Å². The third-order valence-electron chi connectivity index (χ3n) is 6.09. The second-order valence-corrected chi connectivity index (χ2v) is 8.33. The number of aliphatic hydroxyl groups excluding tert-OH is 11. The van der Waals surface area contributed by atoms with Crippen molar-refractivity contribution in [3.05, 3.63) is 0 Å². The maximum atomic E-state index is 10.6. The molecule has 0 saturated carbocycles. The Labute approximate surface area is 192 Å². The maximum Gasteiger partial charge on any atom is 0.187 e. The van der Waals surface area contributed by atoms with Gasteiger partial charge in [-0.2, -0.15) is 0 Å². The van der Waals surface area contributed by atoms with Gasteiger partial charge in [-0.3, -0.25) is 0 Å². The SMILES string of the molecule is OC[C@H]1O[C@H](O[C@H]2[C@H](O[C@H]3[C@H](O)[C@@H](O)C(O)O[C@@H]3CO)O[C@H](CO)[C@@H](O)[C@@H]2O)[C@H](O)[C@@H](O)[C@H]1O. The molecule has 3 fully saturated rings. The zero-order valence-corrected chi connectivity index (χ0v) is 17.7. The Morgan fingerprint density at radius 3 is 1.47 bits per heavy atom. The minimum atomic E-state index is -1.89. The van der Waals surface area contributed by atoms with E-state index in [4.69, 9.17) is 23.7 Å². The Kier molecular flexibility index (Phi) is 9.54. The number of hydrogen-bond acceptors (Lipinski definition) is 16. The predicted molar refractivity (Wildman–Crippen MR) is 101 cm³/mol. The molecule has 16 heteroatoms. The molecular formula is C18H32O16. The molecule has 16 nitrogen and oxygen atoms in total. The molecule has 1 unspecified atom stereocenters. The van der Waals surface area contributed by atoms with Crippen LogP contribution in [0.4, 0.5) is 0 Å². The van der Waals surface area contributed by atoms with Crippen LogP contribution in [0.25, 0.3) is 0 Å². The summed E-state index contributed by atoms with van der Waals surface area (Å²) >= 11 is 0. The molecule has 0 aromatic rings. The van der Waals surface area contributed by atoms with E-state index in [1.165, 1.54) is 0 Å². The Bertz CT molecular complexity index is 637. The largest absolute Gasteiger partial charge is 0.394 e. The second-order valence-electron chi connectivity index (χ2n) is 8.33. The average molecular weight is 504 g/mol. The van der Waals surface area contributed by atoms with Crippen LogP contribution in [0.1, 0.15) is 0 Å². The van der Waals surface area contributed by atoms with Crippen molar-refractivity contribution in [3.63, 3.8) is 0 Å². The fourth-order valence-electron chi connectivity index (χ4n) is 4.04. The second kappa shape index (κ2) is 11.6. The minimum absolute atomic E-state index is 0.770. The average Bonchev–Trinajstić information content (AvgIpc) is 2.83. The summed E-state index contributed by atoms with van der Waals surface area (Å²) in [7, 11) is 0. The fourth-order valence-corrected chi connectivity index (χ4v) is 4.04. The van der Waals surface area contributed by atoms with Gasteiger partial charge in [-0.1, -0.05) is 0 Å². The first-order valence-electron chi connectivity index (χ1n) is 10.6. The summed E-state index contributed by atoms with van der Waals surface area (Å²) in [6.45, 7) is -2.35. The first-order chi connectivity index (χ1) is 16.0.